The first kappa shape index (κ1) is 16.7. The zero-order valence-electron chi connectivity index (χ0n) is 13.0. The van der Waals surface area contributed by atoms with Crippen LogP contribution in [0.15, 0.2) is 65.4 Å². The second-order valence-electron chi connectivity index (χ2n) is 5.13. The maximum Gasteiger partial charge on any atom is 0.257 e. The Morgan fingerprint density at radius 1 is 1.04 bits per heavy atom. The molecule has 0 aliphatic heterocycles. The van der Waals surface area contributed by atoms with E-state index >= 15 is 0 Å². The Morgan fingerprint density at radius 2 is 1.88 bits per heavy atom. The Kier molecular flexibility index (Phi) is 5.11. The fourth-order valence-electron chi connectivity index (χ4n) is 2.17. The van der Waals surface area contributed by atoms with Crippen LogP contribution in [0, 0.1) is 0 Å². The normalized spacial score (nSPS) is 10.3. The number of furan rings is 1. The topological polar surface area (TPSA) is 84.2 Å². The van der Waals surface area contributed by atoms with Crippen LogP contribution in [0.4, 0.5) is 5.69 Å². The van der Waals surface area contributed by atoms with E-state index in [1.54, 1.807) is 42.5 Å². The van der Waals surface area contributed by atoms with E-state index in [0.29, 0.717) is 27.7 Å². The highest BCUT2D eigenvalue weighted by Gasteiger charge is 2.14. The molecule has 2 heterocycles. The standard InChI is InChI=1S/C18H14ClN3O3/c19-16-8-7-12(10-20-16)17(23)22-15-6-2-1-5-14(15)18(24)21-11-13-4-3-9-25-13/h1-10H,11H2,(H,21,24)(H,22,23). The highest BCUT2D eigenvalue weighted by atomic mass is 35.5. The number of carbonyl (C=O) groups is 2. The van der Waals surface area contributed by atoms with Crippen molar-refractivity contribution in [2.75, 3.05) is 5.32 Å². The lowest BCUT2D eigenvalue weighted by Gasteiger charge is -2.11. The van der Waals surface area contributed by atoms with Crippen LogP contribution in [0.2, 0.25) is 5.15 Å². The number of benzene rings is 1. The van der Waals surface area contributed by atoms with Crippen molar-refractivity contribution in [3.05, 3.63) is 83.0 Å². The molecular weight excluding hydrogens is 342 g/mol. The van der Waals surface area contributed by atoms with E-state index < -0.39 is 0 Å². The fourth-order valence-corrected chi connectivity index (χ4v) is 2.28. The zero-order valence-corrected chi connectivity index (χ0v) is 13.8. The van der Waals surface area contributed by atoms with Crippen LogP contribution in [0.1, 0.15) is 26.5 Å². The highest BCUT2D eigenvalue weighted by Crippen LogP contribution is 2.17. The molecule has 0 atom stereocenters. The highest BCUT2D eigenvalue weighted by molar-refractivity contribution is 6.29. The summed E-state index contributed by atoms with van der Waals surface area (Å²) in [7, 11) is 0. The molecule has 0 fully saturated rings. The number of nitrogens with one attached hydrogen (secondary N) is 2. The van der Waals surface area contributed by atoms with Gasteiger partial charge in [-0.05, 0) is 36.4 Å². The maximum atomic E-state index is 12.4. The third kappa shape index (κ3) is 4.24. The quantitative estimate of drug-likeness (QED) is 0.686. The van der Waals surface area contributed by atoms with E-state index in [0.717, 1.165) is 0 Å². The number of halogens is 1. The molecule has 0 saturated carbocycles. The molecule has 0 aliphatic rings. The number of carbonyl (C=O) groups excluding carboxylic acids is 2. The van der Waals surface area contributed by atoms with E-state index in [1.165, 1.54) is 18.5 Å². The molecule has 0 saturated heterocycles. The first-order valence-electron chi connectivity index (χ1n) is 7.46. The Balaban J connectivity index is 1.72. The lowest BCUT2D eigenvalue weighted by molar-refractivity contribution is 0.0949. The van der Waals surface area contributed by atoms with Gasteiger partial charge in [0, 0.05) is 6.20 Å². The van der Waals surface area contributed by atoms with Gasteiger partial charge in [-0.15, -0.1) is 0 Å². The number of hydrogen-bond acceptors (Lipinski definition) is 4. The molecule has 0 unspecified atom stereocenters. The maximum absolute atomic E-state index is 12.4. The third-order valence-corrected chi connectivity index (χ3v) is 3.64. The first-order valence-corrected chi connectivity index (χ1v) is 7.84. The number of amides is 2. The smallest absolute Gasteiger partial charge is 0.257 e. The van der Waals surface area contributed by atoms with Crippen molar-refractivity contribution in [3.63, 3.8) is 0 Å². The summed E-state index contributed by atoms with van der Waals surface area (Å²) < 4.78 is 5.18. The molecule has 7 heteroatoms. The van der Waals surface area contributed by atoms with Crippen LogP contribution in [-0.2, 0) is 6.54 Å². The number of nitrogens with zero attached hydrogens (tertiary/aromatic N) is 1. The van der Waals surface area contributed by atoms with Crippen LogP contribution in [0.3, 0.4) is 0 Å². The predicted molar refractivity (Wildman–Crippen MR) is 93.5 cm³/mol. The Morgan fingerprint density at radius 3 is 2.60 bits per heavy atom. The van der Waals surface area contributed by atoms with Crippen LogP contribution >= 0.6 is 11.6 Å². The molecular formula is C18H14ClN3O3. The number of hydrogen-bond donors (Lipinski definition) is 2. The van der Waals surface area contributed by atoms with Gasteiger partial charge in [-0.3, -0.25) is 9.59 Å². The molecule has 3 aromatic rings. The zero-order chi connectivity index (χ0) is 17.6. The molecule has 0 radical (unpaired) electrons. The van der Waals surface area contributed by atoms with Gasteiger partial charge in [-0.25, -0.2) is 4.98 Å². The number of anilines is 1. The second-order valence-corrected chi connectivity index (χ2v) is 5.52. The third-order valence-electron chi connectivity index (χ3n) is 3.41. The van der Waals surface area contributed by atoms with Gasteiger partial charge in [0.2, 0.25) is 0 Å². The van der Waals surface area contributed by atoms with Gasteiger partial charge in [0.25, 0.3) is 11.8 Å². The van der Waals surface area contributed by atoms with Gasteiger partial charge < -0.3 is 15.1 Å². The van der Waals surface area contributed by atoms with Gasteiger partial charge in [0.15, 0.2) is 0 Å². The molecule has 2 aromatic heterocycles. The van der Waals surface area contributed by atoms with E-state index in [1.807, 2.05) is 0 Å². The van der Waals surface area contributed by atoms with Gasteiger partial charge in [-0.1, -0.05) is 23.7 Å². The predicted octanol–water partition coefficient (Wildman–Crippen LogP) is 3.51. The number of pyridine rings is 1. The molecule has 6 nitrogen and oxygen atoms in total. The monoisotopic (exact) mass is 355 g/mol. The average Bonchev–Trinajstić information content (AvgIpc) is 3.14. The summed E-state index contributed by atoms with van der Waals surface area (Å²) in [5.74, 6) is -0.0564. The van der Waals surface area contributed by atoms with E-state index in [-0.39, 0.29) is 18.4 Å². The van der Waals surface area contributed by atoms with Crippen LogP contribution in [-0.4, -0.2) is 16.8 Å². The summed E-state index contributed by atoms with van der Waals surface area (Å²) in [6.07, 6.45) is 2.91. The minimum Gasteiger partial charge on any atom is -0.467 e. The molecule has 1 aromatic carbocycles. The number of para-hydroxylation sites is 1. The fraction of sp³-hybridized carbons (Fsp3) is 0.0556. The van der Waals surface area contributed by atoms with Crippen LogP contribution < -0.4 is 10.6 Å². The number of aromatic nitrogens is 1. The molecule has 3 rings (SSSR count). The molecule has 0 spiro atoms. The van der Waals surface area contributed by atoms with E-state index in [4.69, 9.17) is 16.0 Å². The van der Waals surface area contributed by atoms with Gasteiger partial charge >= 0.3 is 0 Å². The van der Waals surface area contributed by atoms with Crippen LogP contribution in [0.5, 0.6) is 0 Å². The Bertz CT molecular complexity index is 877. The van der Waals surface area contributed by atoms with Crippen molar-refractivity contribution >= 4 is 29.1 Å². The van der Waals surface area contributed by atoms with Gasteiger partial charge in [-0.2, -0.15) is 0 Å². The van der Waals surface area contributed by atoms with Crippen molar-refractivity contribution in [1.29, 1.82) is 0 Å². The Labute approximate surface area is 148 Å². The lowest BCUT2D eigenvalue weighted by atomic mass is 10.1. The minimum absolute atomic E-state index is 0.259. The molecule has 2 N–H and O–H groups in total. The molecule has 0 aliphatic carbocycles. The Hall–Kier alpha value is -3.12. The van der Waals surface area contributed by atoms with E-state index in [2.05, 4.69) is 15.6 Å². The van der Waals surface area contributed by atoms with E-state index in [9.17, 15) is 9.59 Å². The van der Waals surface area contributed by atoms with Crippen molar-refractivity contribution in [2.45, 2.75) is 6.54 Å². The summed E-state index contributed by atoms with van der Waals surface area (Å²) in [5, 5.41) is 5.76. The number of rotatable bonds is 5. The summed E-state index contributed by atoms with van der Waals surface area (Å²) in [5.41, 5.74) is 1.10. The van der Waals surface area contributed by atoms with Crippen LogP contribution in [0.25, 0.3) is 0 Å². The SMILES string of the molecule is O=C(Nc1ccccc1C(=O)NCc1ccco1)c1ccc(Cl)nc1. The first-order chi connectivity index (χ1) is 12.1. The van der Waals surface area contributed by atoms with Gasteiger partial charge in [0.1, 0.15) is 10.9 Å². The summed E-state index contributed by atoms with van der Waals surface area (Å²) >= 11 is 5.72. The molecule has 0 bridgehead atoms. The summed E-state index contributed by atoms with van der Waals surface area (Å²) in [4.78, 5) is 28.6. The van der Waals surface area contributed by atoms with Crippen molar-refractivity contribution in [1.82, 2.24) is 10.3 Å². The molecule has 2 amide bonds. The van der Waals surface area contributed by atoms with Crippen molar-refractivity contribution in [3.8, 4) is 0 Å². The summed E-state index contributed by atoms with van der Waals surface area (Å²) in [6.45, 7) is 0.259. The summed E-state index contributed by atoms with van der Waals surface area (Å²) in [6, 6.07) is 13.3. The largest absolute Gasteiger partial charge is 0.467 e. The van der Waals surface area contributed by atoms with Crippen molar-refractivity contribution in [2.24, 2.45) is 0 Å². The molecule has 126 valence electrons. The minimum atomic E-state index is -0.379. The van der Waals surface area contributed by atoms with Crippen molar-refractivity contribution < 1.29 is 14.0 Å². The molecule has 25 heavy (non-hydrogen) atoms. The lowest BCUT2D eigenvalue weighted by Crippen LogP contribution is -2.24. The average molecular weight is 356 g/mol. The second kappa shape index (κ2) is 7.63. The van der Waals surface area contributed by atoms with Gasteiger partial charge in [0.05, 0.1) is 29.6 Å².